The van der Waals surface area contributed by atoms with Crippen molar-refractivity contribution < 1.29 is 14.4 Å². The van der Waals surface area contributed by atoms with Crippen molar-refractivity contribution in [3.63, 3.8) is 0 Å². The molecule has 1 saturated heterocycles. The van der Waals surface area contributed by atoms with Crippen LogP contribution in [0.1, 0.15) is 24.4 Å². The molecule has 1 fully saturated rings. The molecule has 1 atom stereocenters. The lowest BCUT2D eigenvalue weighted by Gasteiger charge is -2.27. The highest BCUT2D eigenvalue weighted by Crippen LogP contribution is 2.35. The van der Waals surface area contributed by atoms with Crippen molar-refractivity contribution in [1.29, 1.82) is 0 Å². The van der Waals surface area contributed by atoms with E-state index in [4.69, 9.17) is 4.98 Å². The van der Waals surface area contributed by atoms with Crippen LogP contribution in [-0.2, 0) is 0 Å². The van der Waals surface area contributed by atoms with Gasteiger partial charge in [-0.3, -0.25) is 9.88 Å². The molecule has 0 unspecified atom stereocenters. The summed E-state index contributed by atoms with van der Waals surface area (Å²) in [5, 5.41) is 17.7. The van der Waals surface area contributed by atoms with Crippen molar-refractivity contribution in [1.82, 2.24) is 29.5 Å². The van der Waals surface area contributed by atoms with Gasteiger partial charge in [-0.2, -0.15) is 10.2 Å². The lowest BCUT2D eigenvalue weighted by atomic mass is 10.1. The number of carbonyl (C=O) groups is 1. The number of fused-ring (bicyclic) bond motifs is 1. The third-order valence-corrected chi connectivity index (χ3v) is 5.43. The topological polar surface area (TPSA) is 102 Å². The van der Waals surface area contributed by atoms with Crippen molar-refractivity contribution in [3.05, 3.63) is 60.6 Å². The van der Waals surface area contributed by atoms with Crippen molar-refractivity contribution in [3.8, 4) is 0 Å². The Morgan fingerprint density at radius 1 is 1.29 bits per heavy atom. The maximum Gasteiger partial charge on any atom is 0.327 e. The van der Waals surface area contributed by atoms with Gasteiger partial charge in [0.1, 0.15) is 24.0 Å². The molecule has 2 amide bonds. The third-order valence-electron chi connectivity index (χ3n) is 5.43. The van der Waals surface area contributed by atoms with Gasteiger partial charge in [-0.1, -0.05) is 6.08 Å². The van der Waals surface area contributed by atoms with Gasteiger partial charge in [0.15, 0.2) is 5.65 Å². The molecule has 160 valence electrons. The maximum atomic E-state index is 13.7. The highest BCUT2D eigenvalue weighted by Gasteiger charge is 2.28. The standard InChI is InChI=1S/C20H21FN8O2/c21-15-9-14(10-22-11-15)17-3-1-7-28(17)18-4-8-29-19(25-18)16(12-23-29)24-20(30)26-5-2-6-27(31)13-26/h2,4-5,8-12,17,31H,1,3,6-7,13H2,(H,24,30)/t17-/m1/s1. The van der Waals surface area contributed by atoms with Crippen molar-refractivity contribution in [2.45, 2.75) is 18.9 Å². The molecule has 10 nitrogen and oxygen atoms in total. The lowest BCUT2D eigenvalue weighted by molar-refractivity contribution is -0.106. The third kappa shape index (κ3) is 3.80. The predicted octanol–water partition coefficient (Wildman–Crippen LogP) is 2.61. The van der Waals surface area contributed by atoms with E-state index in [1.165, 1.54) is 23.4 Å². The van der Waals surface area contributed by atoms with Crippen LogP contribution in [0.3, 0.4) is 0 Å². The number of nitrogens with zero attached hydrogens (tertiary/aromatic N) is 7. The largest absolute Gasteiger partial charge is 0.349 e. The van der Waals surface area contributed by atoms with Crippen LogP contribution in [-0.4, -0.2) is 60.5 Å². The summed E-state index contributed by atoms with van der Waals surface area (Å²) in [5.41, 5.74) is 1.76. The van der Waals surface area contributed by atoms with Crippen molar-refractivity contribution in [2.75, 3.05) is 30.0 Å². The first kappa shape index (κ1) is 19.4. The van der Waals surface area contributed by atoms with Crippen LogP contribution in [0.15, 0.2) is 49.2 Å². The lowest BCUT2D eigenvalue weighted by Crippen LogP contribution is -2.41. The summed E-state index contributed by atoms with van der Waals surface area (Å²) in [5.74, 6) is 0.358. The predicted molar refractivity (Wildman–Crippen MR) is 110 cm³/mol. The van der Waals surface area contributed by atoms with E-state index in [9.17, 15) is 14.4 Å². The summed E-state index contributed by atoms with van der Waals surface area (Å²) in [7, 11) is 0. The number of halogens is 1. The molecule has 0 saturated carbocycles. The number of hydrogen-bond acceptors (Lipinski definition) is 7. The number of amides is 2. The molecule has 0 radical (unpaired) electrons. The molecule has 5 rings (SSSR count). The molecular weight excluding hydrogens is 403 g/mol. The molecule has 5 heterocycles. The Labute approximate surface area is 177 Å². The molecule has 11 heteroatoms. The van der Waals surface area contributed by atoms with Gasteiger partial charge in [0.2, 0.25) is 0 Å². The minimum atomic E-state index is -0.401. The normalized spacial score (nSPS) is 19.4. The minimum absolute atomic E-state index is 0.0202. The number of anilines is 2. The number of hydrogen-bond donors (Lipinski definition) is 2. The molecule has 2 N–H and O–H groups in total. The number of aromatic nitrogens is 4. The molecule has 31 heavy (non-hydrogen) atoms. The molecular formula is C20H21FN8O2. The molecule has 0 spiro atoms. The first-order valence-electron chi connectivity index (χ1n) is 9.98. The second kappa shape index (κ2) is 7.93. The SMILES string of the molecule is O=C(Nc1cnn2ccc(N3CCC[C@@H]3c3cncc(F)c3)nc12)N1C=CCN(O)C1. The van der Waals surface area contributed by atoms with E-state index < -0.39 is 6.03 Å². The highest BCUT2D eigenvalue weighted by molar-refractivity contribution is 5.93. The fourth-order valence-corrected chi connectivity index (χ4v) is 4.00. The highest BCUT2D eigenvalue weighted by atomic mass is 19.1. The van der Waals surface area contributed by atoms with Crippen LogP contribution in [0, 0.1) is 5.82 Å². The Kier molecular flexibility index (Phi) is 4.96. The second-order valence-corrected chi connectivity index (χ2v) is 7.52. The van der Waals surface area contributed by atoms with E-state index in [0.29, 0.717) is 17.9 Å². The van der Waals surface area contributed by atoms with E-state index in [2.05, 4.69) is 20.3 Å². The average Bonchev–Trinajstić information content (AvgIpc) is 3.41. The number of nitrogens with one attached hydrogen (secondary N) is 1. The van der Waals surface area contributed by atoms with Gasteiger partial charge < -0.3 is 15.4 Å². The molecule has 2 aliphatic rings. The molecule has 0 aromatic carbocycles. The fraction of sp³-hybridized carbons (Fsp3) is 0.300. The minimum Gasteiger partial charge on any atom is -0.349 e. The van der Waals surface area contributed by atoms with Crippen LogP contribution in [0.2, 0.25) is 0 Å². The Morgan fingerprint density at radius 2 is 2.19 bits per heavy atom. The Morgan fingerprint density at radius 3 is 3.03 bits per heavy atom. The Bertz CT molecular complexity index is 1150. The van der Waals surface area contributed by atoms with Crippen LogP contribution in [0.5, 0.6) is 0 Å². The first-order chi connectivity index (χ1) is 15.1. The summed E-state index contributed by atoms with van der Waals surface area (Å²) in [6.07, 6.45) is 11.3. The van der Waals surface area contributed by atoms with E-state index in [1.807, 2.05) is 6.07 Å². The summed E-state index contributed by atoms with van der Waals surface area (Å²) in [6.45, 7) is 1.21. The zero-order valence-corrected chi connectivity index (χ0v) is 16.6. The Balaban J connectivity index is 1.41. The quantitative estimate of drug-likeness (QED) is 0.666. The summed E-state index contributed by atoms with van der Waals surface area (Å²) >= 11 is 0. The molecule has 3 aromatic rings. The first-order valence-corrected chi connectivity index (χ1v) is 9.98. The van der Waals surface area contributed by atoms with E-state index in [0.717, 1.165) is 35.8 Å². The van der Waals surface area contributed by atoms with Gasteiger partial charge in [0.25, 0.3) is 0 Å². The molecule has 0 aliphatic carbocycles. The zero-order chi connectivity index (χ0) is 21.4. The van der Waals surface area contributed by atoms with Gasteiger partial charge >= 0.3 is 6.03 Å². The van der Waals surface area contributed by atoms with Crippen LogP contribution in [0.25, 0.3) is 5.65 Å². The van der Waals surface area contributed by atoms with E-state index >= 15 is 0 Å². The van der Waals surface area contributed by atoms with Gasteiger partial charge in [-0.25, -0.2) is 18.7 Å². The van der Waals surface area contributed by atoms with Crippen LogP contribution < -0.4 is 10.2 Å². The number of urea groups is 1. The van der Waals surface area contributed by atoms with Crippen molar-refractivity contribution in [2.24, 2.45) is 0 Å². The number of rotatable bonds is 3. The van der Waals surface area contributed by atoms with Gasteiger partial charge in [-0.05, 0) is 30.5 Å². The van der Waals surface area contributed by atoms with Crippen LogP contribution >= 0.6 is 0 Å². The molecule has 2 aliphatic heterocycles. The number of hydroxylamine groups is 2. The summed E-state index contributed by atoms with van der Waals surface area (Å²) < 4.78 is 15.3. The smallest absolute Gasteiger partial charge is 0.327 e. The summed E-state index contributed by atoms with van der Waals surface area (Å²) in [4.78, 5) is 24.8. The molecule has 3 aromatic heterocycles. The fourth-order valence-electron chi connectivity index (χ4n) is 4.00. The summed E-state index contributed by atoms with van der Waals surface area (Å²) in [6, 6.07) is 2.94. The van der Waals surface area contributed by atoms with Crippen LogP contribution in [0.4, 0.5) is 20.7 Å². The zero-order valence-electron chi connectivity index (χ0n) is 16.6. The monoisotopic (exact) mass is 424 g/mol. The van der Waals surface area contributed by atoms with Gasteiger partial charge in [-0.15, -0.1) is 0 Å². The van der Waals surface area contributed by atoms with Gasteiger partial charge in [0, 0.05) is 31.7 Å². The molecule has 0 bridgehead atoms. The van der Waals surface area contributed by atoms with E-state index in [1.54, 1.807) is 29.2 Å². The maximum absolute atomic E-state index is 13.7. The Hall–Kier alpha value is -3.57. The number of pyridine rings is 1. The number of carbonyl (C=O) groups excluding carboxylic acids is 1. The second-order valence-electron chi connectivity index (χ2n) is 7.52. The van der Waals surface area contributed by atoms with Crippen molar-refractivity contribution >= 4 is 23.2 Å². The van der Waals surface area contributed by atoms with Gasteiger partial charge in [0.05, 0.1) is 18.4 Å². The average molecular weight is 424 g/mol. The van der Waals surface area contributed by atoms with E-state index in [-0.39, 0.29) is 18.5 Å².